The van der Waals surface area contributed by atoms with Crippen LogP contribution >= 0.6 is 0 Å². The number of hydrogen-bond acceptors (Lipinski definition) is 5. The van der Waals surface area contributed by atoms with Crippen LogP contribution in [0.2, 0.25) is 0 Å². The van der Waals surface area contributed by atoms with E-state index in [0.717, 1.165) is 19.8 Å². The molecule has 2 rings (SSSR count). The lowest BCUT2D eigenvalue weighted by Gasteiger charge is -2.35. The number of methoxy groups -OCH3 is 1. The Bertz CT molecular complexity index is 268. The summed E-state index contributed by atoms with van der Waals surface area (Å²) in [6.45, 7) is 5.23. The second-order valence-corrected chi connectivity index (χ2v) is 4.94. The van der Waals surface area contributed by atoms with Gasteiger partial charge in [-0.1, -0.05) is 0 Å². The topological polar surface area (TPSA) is 50.8 Å². The molecule has 2 fully saturated rings. The fourth-order valence-electron chi connectivity index (χ4n) is 2.14. The number of morpholine rings is 1. The van der Waals surface area contributed by atoms with Gasteiger partial charge in [0.2, 0.25) is 0 Å². The summed E-state index contributed by atoms with van der Waals surface area (Å²) in [7, 11) is 1.45. The van der Waals surface area contributed by atoms with Crippen LogP contribution in [0.4, 0.5) is 0 Å². The summed E-state index contributed by atoms with van der Waals surface area (Å²) in [6, 6.07) is 0.681. The molecule has 0 spiro atoms. The number of esters is 1. The van der Waals surface area contributed by atoms with Gasteiger partial charge in [0, 0.05) is 25.2 Å². The summed E-state index contributed by atoms with van der Waals surface area (Å²) in [5, 5.41) is 3.35. The van der Waals surface area contributed by atoms with Crippen LogP contribution in [0.3, 0.4) is 0 Å². The molecule has 1 saturated heterocycles. The van der Waals surface area contributed by atoms with Crippen molar-refractivity contribution in [3.63, 3.8) is 0 Å². The highest BCUT2D eigenvalue weighted by molar-refractivity contribution is 5.76. The number of hydrogen-bond donors (Lipinski definition) is 1. The van der Waals surface area contributed by atoms with Gasteiger partial charge in [0.05, 0.1) is 20.3 Å². The van der Waals surface area contributed by atoms with Gasteiger partial charge in [0.15, 0.2) is 0 Å². The molecule has 2 atom stereocenters. The lowest BCUT2D eigenvalue weighted by atomic mass is 10.2. The molecule has 2 unspecified atom stereocenters. The summed E-state index contributed by atoms with van der Waals surface area (Å²) in [5.74, 6) is -0.157. The zero-order valence-electron chi connectivity index (χ0n) is 10.6. The molecular formula is C12H22N2O3. The molecule has 0 radical (unpaired) electrons. The Morgan fingerprint density at radius 1 is 1.59 bits per heavy atom. The predicted octanol–water partition coefficient (Wildman–Crippen LogP) is 0.000700. The standard InChI is InChI=1S/C12H22N2O3/c1-9-8-17-6-5-14(9)7-11(12(15)16-2)13-10-3-4-10/h9-11,13H,3-8H2,1-2H3. The van der Waals surface area contributed by atoms with Gasteiger partial charge in [-0.25, -0.2) is 0 Å². The second-order valence-electron chi connectivity index (χ2n) is 4.94. The van der Waals surface area contributed by atoms with Crippen LogP contribution in [-0.4, -0.2) is 62.4 Å². The summed E-state index contributed by atoms with van der Waals surface area (Å²) in [5.41, 5.74) is 0. The minimum absolute atomic E-state index is 0.157. The van der Waals surface area contributed by atoms with Crippen molar-refractivity contribution in [1.82, 2.24) is 10.2 Å². The van der Waals surface area contributed by atoms with E-state index < -0.39 is 0 Å². The van der Waals surface area contributed by atoms with E-state index in [1.807, 2.05) is 0 Å². The van der Waals surface area contributed by atoms with Crippen molar-refractivity contribution in [2.24, 2.45) is 0 Å². The maximum atomic E-state index is 11.7. The molecule has 0 bridgehead atoms. The van der Waals surface area contributed by atoms with Crippen molar-refractivity contribution < 1.29 is 14.3 Å². The Morgan fingerprint density at radius 2 is 2.35 bits per heavy atom. The average molecular weight is 242 g/mol. The average Bonchev–Trinajstić information content (AvgIpc) is 3.14. The van der Waals surface area contributed by atoms with Crippen LogP contribution in [0.25, 0.3) is 0 Å². The molecule has 1 heterocycles. The maximum Gasteiger partial charge on any atom is 0.324 e. The minimum Gasteiger partial charge on any atom is -0.468 e. The molecule has 2 aliphatic rings. The van der Waals surface area contributed by atoms with Crippen LogP contribution in [0.5, 0.6) is 0 Å². The van der Waals surface area contributed by atoms with Crippen molar-refractivity contribution in [3.8, 4) is 0 Å². The van der Waals surface area contributed by atoms with E-state index in [-0.39, 0.29) is 12.0 Å². The van der Waals surface area contributed by atoms with Crippen LogP contribution in [0, 0.1) is 0 Å². The van der Waals surface area contributed by atoms with Gasteiger partial charge >= 0.3 is 5.97 Å². The number of carbonyl (C=O) groups is 1. The third-order valence-corrected chi connectivity index (χ3v) is 3.42. The normalized spacial score (nSPS) is 27.8. The van der Waals surface area contributed by atoms with Crippen molar-refractivity contribution in [2.45, 2.75) is 37.9 Å². The minimum atomic E-state index is -0.201. The van der Waals surface area contributed by atoms with Crippen molar-refractivity contribution in [1.29, 1.82) is 0 Å². The van der Waals surface area contributed by atoms with Crippen LogP contribution in [0.1, 0.15) is 19.8 Å². The van der Waals surface area contributed by atoms with Gasteiger partial charge in [-0.15, -0.1) is 0 Å². The van der Waals surface area contributed by atoms with Crippen LogP contribution < -0.4 is 5.32 Å². The third kappa shape index (κ3) is 3.66. The molecule has 1 saturated carbocycles. The Kier molecular flexibility index (Phi) is 4.36. The van der Waals surface area contributed by atoms with E-state index in [4.69, 9.17) is 9.47 Å². The number of carbonyl (C=O) groups excluding carboxylic acids is 1. The molecule has 0 aromatic heterocycles. The largest absolute Gasteiger partial charge is 0.468 e. The van der Waals surface area contributed by atoms with Gasteiger partial charge < -0.3 is 14.8 Å². The molecule has 1 N–H and O–H groups in total. The summed E-state index contributed by atoms with van der Waals surface area (Å²) < 4.78 is 10.3. The number of nitrogens with one attached hydrogen (secondary N) is 1. The molecule has 98 valence electrons. The van der Waals surface area contributed by atoms with Crippen LogP contribution in [-0.2, 0) is 14.3 Å². The molecule has 0 aromatic rings. The quantitative estimate of drug-likeness (QED) is 0.688. The van der Waals surface area contributed by atoms with E-state index in [1.165, 1.54) is 20.0 Å². The first kappa shape index (κ1) is 12.8. The van der Waals surface area contributed by atoms with Gasteiger partial charge in [0.1, 0.15) is 6.04 Å². The number of rotatable bonds is 5. The monoisotopic (exact) mass is 242 g/mol. The first-order valence-electron chi connectivity index (χ1n) is 6.36. The van der Waals surface area contributed by atoms with Crippen LogP contribution in [0.15, 0.2) is 0 Å². The van der Waals surface area contributed by atoms with Crippen molar-refractivity contribution >= 4 is 5.97 Å². The first-order chi connectivity index (χ1) is 8.20. The zero-order valence-corrected chi connectivity index (χ0v) is 10.6. The number of ether oxygens (including phenoxy) is 2. The Morgan fingerprint density at radius 3 is 2.94 bits per heavy atom. The second kappa shape index (κ2) is 5.80. The van der Waals surface area contributed by atoms with Gasteiger partial charge in [0.25, 0.3) is 0 Å². The lowest BCUT2D eigenvalue weighted by molar-refractivity contribution is -0.144. The van der Waals surface area contributed by atoms with Gasteiger partial charge in [-0.05, 0) is 19.8 Å². The fourth-order valence-corrected chi connectivity index (χ4v) is 2.14. The fraction of sp³-hybridized carbons (Fsp3) is 0.917. The third-order valence-electron chi connectivity index (χ3n) is 3.42. The smallest absolute Gasteiger partial charge is 0.324 e. The first-order valence-corrected chi connectivity index (χ1v) is 6.36. The lowest BCUT2D eigenvalue weighted by Crippen LogP contribution is -2.53. The highest BCUT2D eigenvalue weighted by Gasteiger charge is 2.31. The molecule has 17 heavy (non-hydrogen) atoms. The molecular weight excluding hydrogens is 220 g/mol. The Labute approximate surface area is 102 Å². The summed E-state index contributed by atoms with van der Waals surface area (Å²) in [4.78, 5) is 14.0. The van der Waals surface area contributed by atoms with Crippen molar-refractivity contribution in [2.75, 3.05) is 33.4 Å². The number of nitrogens with zero attached hydrogens (tertiary/aromatic N) is 1. The van der Waals surface area contributed by atoms with E-state index in [0.29, 0.717) is 18.6 Å². The zero-order chi connectivity index (χ0) is 12.3. The summed E-state index contributed by atoms with van der Waals surface area (Å²) >= 11 is 0. The molecule has 5 nitrogen and oxygen atoms in total. The van der Waals surface area contributed by atoms with E-state index in [2.05, 4.69) is 17.1 Å². The Balaban J connectivity index is 1.87. The summed E-state index contributed by atoms with van der Waals surface area (Å²) in [6.07, 6.45) is 2.35. The Hall–Kier alpha value is -0.650. The van der Waals surface area contributed by atoms with E-state index >= 15 is 0 Å². The van der Waals surface area contributed by atoms with Crippen molar-refractivity contribution in [3.05, 3.63) is 0 Å². The highest BCUT2D eigenvalue weighted by atomic mass is 16.5. The van der Waals surface area contributed by atoms with E-state index in [9.17, 15) is 4.79 Å². The molecule has 5 heteroatoms. The predicted molar refractivity (Wildman–Crippen MR) is 63.8 cm³/mol. The maximum absolute atomic E-state index is 11.7. The molecule has 1 aliphatic carbocycles. The molecule has 0 amide bonds. The van der Waals surface area contributed by atoms with Gasteiger partial charge in [-0.3, -0.25) is 9.69 Å². The molecule has 1 aliphatic heterocycles. The van der Waals surface area contributed by atoms with Gasteiger partial charge in [-0.2, -0.15) is 0 Å². The highest BCUT2D eigenvalue weighted by Crippen LogP contribution is 2.20. The van der Waals surface area contributed by atoms with E-state index in [1.54, 1.807) is 0 Å². The SMILES string of the molecule is COC(=O)C(CN1CCOCC1C)NC1CC1. The molecule has 0 aromatic carbocycles.